The van der Waals surface area contributed by atoms with Crippen molar-refractivity contribution in [1.82, 2.24) is 0 Å². The first-order valence-electron chi connectivity index (χ1n) is 11.8. The Kier molecular flexibility index (Phi) is 5.25. The van der Waals surface area contributed by atoms with Crippen LogP contribution in [0.25, 0.3) is 11.1 Å². The molecular formula is C29H30ClNO2. The van der Waals surface area contributed by atoms with Gasteiger partial charge in [0.1, 0.15) is 5.78 Å². The minimum atomic E-state index is -0.369. The van der Waals surface area contributed by atoms with Crippen LogP contribution >= 0.6 is 11.6 Å². The molecule has 1 aliphatic heterocycles. The number of Topliss-reactive ketones (excluding diaryl/α,β-unsaturated/α-hetero) is 2. The summed E-state index contributed by atoms with van der Waals surface area (Å²) < 4.78 is 0. The Balaban J connectivity index is 1.70. The van der Waals surface area contributed by atoms with E-state index in [-0.39, 0.29) is 34.2 Å². The van der Waals surface area contributed by atoms with E-state index in [1.54, 1.807) is 0 Å². The van der Waals surface area contributed by atoms with Gasteiger partial charge in [0.05, 0.1) is 5.92 Å². The lowest BCUT2D eigenvalue weighted by Gasteiger charge is -2.44. The molecule has 2 aromatic carbocycles. The molecule has 0 saturated heterocycles. The highest BCUT2D eigenvalue weighted by Gasteiger charge is 2.49. The summed E-state index contributed by atoms with van der Waals surface area (Å²) in [7, 11) is 0. The summed E-state index contributed by atoms with van der Waals surface area (Å²) in [5, 5.41) is 0.663. The standard InChI is InChI=1S/C29H30ClNO2/c1-28(2)13-21-26(23(32)15-28)25(27-22(31-21)14-29(3,4)16-24(27)33)18-10-11-20(30)19(12-18)17-8-6-5-7-9-17/h5-12,25-26H,13-16H2,1-4H3. The van der Waals surface area contributed by atoms with Gasteiger partial charge in [-0.2, -0.15) is 0 Å². The Morgan fingerprint density at radius 3 is 2.27 bits per heavy atom. The molecule has 0 spiro atoms. The fraction of sp³-hybridized carbons (Fsp3) is 0.414. The predicted octanol–water partition coefficient (Wildman–Crippen LogP) is 7.19. The average molecular weight is 460 g/mol. The Morgan fingerprint density at radius 1 is 0.848 bits per heavy atom. The first-order valence-corrected chi connectivity index (χ1v) is 12.1. The first kappa shape index (κ1) is 22.3. The number of aliphatic imine (C=N–C) groups is 1. The van der Waals surface area contributed by atoms with Gasteiger partial charge in [-0.25, -0.2) is 0 Å². The van der Waals surface area contributed by atoms with Gasteiger partial charge in [0, 0.05) is 46.3 Å². The largest absolute Gasteiger partial charge is 0.299 e. The smallest absolute Gasteiger partial charge is 0.161 e. The summed E-state index contributed by atoms with van der Waals surface area (Å²) in [5.74, 6) is -0.343. The molecule has 1 saturated carbocycles. The molecule has 0 radical (unpaired) electrons. The monoisotopic (exact) mass is 459 g/mol. The molecule has 0 amide bonds. The highest BCUT2D eigenvalue weighted by Crippen LogP contribution is 2.52. The molecule has 0 bridgehead atoms. The lowest BCUT2D eigenvalue weighted by Crippen LogP contribution is -2.45. The highest BCUT2D eigenvalue weighted by atomic mass is 35.5. The Hall–Kier alpha value is -2.52. The average Bonchev–Trinajstić information content (AvgIpc) is 2.71. The molecule has 3 aliphatic rings. The van der Waals surface area contributed by atoms with Crippen molar-refractivity contribution in [2.75, 3.05) is 0 Å². The quantitative estimate of drug-likeness (QED) is 0.476. The van der Waals surface area contributed by atoms with Crippen molar-refractivity contribution in [3.8, 4) is 11.1 Å². The van der Waals surface area contributed by atoms with Crippen molar-refractivity contribution in [1.29, 1.82) is 0 Å². The number of hydrogen-bond acceptors (Lipinski definition) is 3. The van der Waals surface area contributed by atoms with E-state index in [1.807, 2.05) is 42.5 Å². The number of benzene rings is 2. The van der Waals surface area contributed by atoms with Crippen molar-refractivity contribution in [3.05, 3.63) is 70.4 Å². The Bertz CT molecular complexity index is 1220. The van der Waals surface area contributed by atoms with Crippen LogP contribution in [0.15, 0.2) is 64.8 Å². The molecule has 0 aromatic heterocycles. The van der Waals surface area contributed by atoms with Crippen LogP contribution in [0, 0.1) is 16.7 Å². The van der Waals surface area contributed by atoms with Gasteiger partial charge in [0.15, 0.2) is 5.78 Å². The zero-order valence-electron chi connectivity index (χ0n) is 19.7. The van der Waals surface area contributed by atoms with Crippen molar-refractivity contribution < 1.29 is 9.59 Å². The van der Waals surface area contributed by atoms with Gasteiger partial charge in [-0.05, 0) is 46.9 Å². The SMILES string of the molecule is CC1(C)CC(=O)C2C(=NC3=C(C(=O)CC(C)(C)C3)C2c2ccc(Cl)c(-c3ccccc3)c2)C1. The van der Waals surface area contributed by atoms with Gasteiger partial charge in [-0.15, -0.1) is 0 Å². The maximum absolute atomic E-state index is 13.5. The molecule has 1 fully saturated rings. The van der Waals surface area contributed by atoms with E-state index in [0.717, 1.165) is 46.5 Å². The predicted molar refractivity (Wildman–Crippen MR) is 134 cm³/mol. The number of nitrogens with zero attached hydrogens (tertiary/aromatic N) is 1. The maximum atomic E-state index is 13.5. The molecular weight excluding hydrogens is 430 g/mol. The molecule has 2 unspecified atom stereocenters. The van der Waals surface area contributed by atoms with E-state index in [0.29, 0.717) is 17.9 Å². The molecule has 4 heteroatoms. The summed E-state index contributed by atoms with van der Waals surface area (Å²) >= 11 is 6.61. The lowest BCUT2D eigenvalue weighted by atomic mass is 9.60. The molecule has 5 rings (SSSR count). The van der Waals surface area contributed by atoms with Crippen LogP contribution in [-0.2, 0) is 9.59 Å². The fourth-order valence-electron chi connectivity index (χ4n) is 5.95. The number of carbonyl (C=O) groups is 2. The third-order valence-electron chi connectivity index (χ3n) is 7.27. The van der Waals surface area contributed by atoms with Gasteiger partial charge in [-0.3, -0.25) is 14.6 Å². The number of carbonyl (C=O) groups excluding carboxylic acids is 2. The third kappa shape index (κ3) is 4.01. The Labute approximate surface area is 201 Å². The Morgan fingerprint density at radius 2 is 1.55 bits per heavy atom. The van der Waals surface area contributed by atoms with E-state index >= 15 is 0 Å². The number of rotatable bonds is 2. The molecule has 1 heterocycles. The van der Waals surface area contributed by atoms with E-state index in [2.05, 4.69) is 33.8 Å². The molecule has 2 aromatic rings. The van der Waals surface area contributed by atoms with Crippen LogP contribution in [0.2, 0.25) is 5.02 Å². The fourth-order valence-corrected chi connectivity index (χ4v) is 6.17. The topological polar surface area (TPSA) is 46.5 Å². The zero-order chi connectivity index (χ0) is 23.5. The number of halogens is 1. The second-order valence-corrected chi connectivity index (χ2v) is 11.9. The molecule has 0 N–H and O–H groups in total. The van der Waals surface area contributed by atoms with Crippen LogP contribution < -0.4 is 0 Å². The molecule has 170 valence electrons. The second-order valence-electron chi connectivity index (χ2n) is 11.4. The van der Waals surface area contributed by atoms with Crippen LogP contribution in [0.1, 0.15) is 64.9 Å². The molecule has 2 aliphatic carbocycles. The van der Waals surface area contributed by atoms with E-state index in [1.165, 1.54) is 0 Å². The van der Waals surface area contributed by atoms with Crippen molar-refractivity contribution in [2.45, 2.75) is 59.3 Å². The first-order chi connectivity index (χ1) is 15.5. The minimum absolute atomic E-state index is 0.113. The second kappa shape index (κ2) is 7.77. The minimum Gasteiger partial charge on any atom is -0.299 e. The molecule has 33 heavy (non-hydrogen) atoms. The van der Waals surface area contributed by atoms with Gasteiger partial charge < -0.3 is 0 Å². The number of hydrogen-bond donors (Lipinski definition) is 0. The summed E-state index contributed by atoms with van der Waals surface area (Å²) in [5.41, 5.74) is 5.26. The highest BCUT2D eigenvalue weighted by molar-refractivity contribution is 6.33. The van der Waals surface area contributed by atoms with Crippen LogP contribution in [0.3, 0.4) is 0 Å². The van der Waals surface area contributed by atoms with Gasteiger partial charge >= 0.3 is 0 Å². The van der Waals surface area contributed by atoms with Crippen molar-refractivity contribution >= 4 is 28.9 Å². The summed E-state index contributed by atoms with van der Waals surface area (Å²) in [6, 6.07) is 16.0. The zero-order valence-corrected chi connectivity index (χ0v) is 20.5. The van der Waals surface area contributed by atoms with E-state index < -0.39 is 0 Å². The van der Waals surface area contributed by atoms with Crippen molar-refractivity contribution in [3.63, 3.8) is 0 Å². The third-order valence-corrected chi connectivity index (χ3v) is 7.60. The van der Waals surface area contributed by atoms with Crippen LogP contribution in [0.4, 0.5) is 0 Å². The van der Waals surface area contributed by atoms with Gasteiger partial charge in [-0.1, -0.05) is 75.7 Å². The van der Waals surface area contributed by atoms with Crippen molar-refractivity contribution in [2.24, 2.45) is 21.7 Å². The molecule has 3 nitrogen and oxygen atoms in total. The van der Waals surface area contributed by atoms with E-state index in [9.17, 15) is 9.59 Å². The van der Waals surface area contributed by atoms with Gasteiger partial charge in [0.25, 0.3) is 0 Å². The summed E-state index contributed by atoms with van der Waals surface area (Å²) in [6.45, 7) is 8.52. The van der Waals surface area contributed by atoms with Crippen LogP contribution in [-0.4, -0.2) is 17.3 Å². The van der Waals surface area contributed by atoms with E-state index in [4.69, 9.17) is 16.6 Å². The molecule has 2 atom stereocenters. The number of allylic oxidation sites excluding steroid dienone is 2. The summed E-state index contributed by atoms with van der Waals surface area (Å²) in [6.07, 6.45) is 2.53. The summed E-state index contributed by atoms with van der Waals surface area (Å²) in [4.78, 5) is 32.0. The maximum Gasteiger partial charge on any atom is 0.161 e. The normalized spacial score (nSPS) is 25.9. The van der Waals surface area contributed by atoms with Crippen LogP contribution in [0.5, 0.6) is 0 Å². The van der Waals surface area contributed by atoms with Gasteiger partial charge in [0.2, 0.25) is 0 Å². The lowest BCUT2D eigenvalue weighted by molar-refractivity contribution is -0.124. The number of fused-ring (bicyclic) bond motifs is 1. The number of ketones is 2.